The Kier molecular flexibility index (Phi) is 6.20. The number of ether oxygens (including phenoxy) is 1. The summed E-state index contributed by atoms with van der Waals surface area (Å²) in [5.41, 5.74) is 5.13. The lowest BCUT2D eigenvalue weighted by Crippen LogP contribution is -2.64. The van der Waals surface area contributed by atoms with Crippen LogP contribution in [0.15, 0.2) is 36.7 Å². The number of halogens is 3. The normalized spacial score (nSPS) is 26.0. The maximum Gasteiger partial charge on any atom is 0.416 e. The van der Waals surface area contributed by atoms with E-state index in [9.17, 15) is 18.0 Å². The Morgan fingerprint density at radius 1 is 1.18 bits per heavy atom. The summed E-state index contributed by atoms with van der Waals surface area (Å²) in [5.74, 6) is 0.324. The van der Waals surface area contributed by atoms with Crippen LogP contribution in [0, 0.1) is 5.92 Å². The van der Waals surface area contributed by atoms with E-state index in [1.54, 1.807) is 4.90 Å². The molecule has 1 aromatic carbocycles. The molecule has 2 aromatic rings. The van der Waals surface area contributed by atoms with E-state index in [-0.39, 0.29) is 24.1 Å². The van der Waals surface area contributed by atoms with Crippen molar-refractivity contribution in [2.45, 2.75) is 50.0 Å². The molecule has 2 fully saturated rings. The van der Waals surface area contributed by atoms with E-state index in [1.165, 1.54) is 12.4 Å². The highest BCUT2D eigenvalue weighted by Gasteiger charge is 2.40. The minimum atomic E-state index is -4.48. The molecule has 0 spiro atoms. The number of carbonyl (C=O) groups is 1. The van der Waals surface area contributed by atoms with Crippen LogP contribution >= 0.6 is 0 Å². The zero-order valence-electron chi connectivity index (χ0n) is 18.7. The average molecular weight is 476 g/mol. The summed E-state index contributed by atoms with van der Waals surface area (Å²) in [5, 5.41) is 0.266. The van der Waals surface area contributed by atoms with Gasteiger partial charge in [-0.05, 0) is 49.8 Å². The third-order valence-corrected chi connectivity index (χ3v) is 7.30. The second-order valence-electron chi connectivity index (χ2n) is 9.42. The smallest absolute Gasteiger partial charge is 0.370 e. The molecule has 3 heterocycles. The van der Waals surface area contributed by atoms with Gasteiger partial charge in [0, 0.05) is 24.5 Å². The standard InChI is InChI=1S/C24H28F3N5O2/c25-24(26,27)16-5-8-20-19(10-16)23(30-14-29-20)32(13-22(28)33)18-11-31(12-18)17-6-3-15(4-7-17)21-2-1-9-34-21/h1-2,5,8,10,14-15,17-18,21H,3-4,6-7,9,11-13H2,(H2,28,33). The highest BCUT2D eigenvalue weighted by atomic mass is 19.4. The van der Waals surface area contributed by atoms with E-state index < -0.39 is 17.6 Å². The summed E-state index contributed by atoms with van der Waals surface area (Å²) in [6.45, 7) is 2.02. The van der Waals surface area contributed by atoms with Crippen LogP contribution in [0.5, 0.6) is 0 Å². The summed E-state index contributed by atoms with van der Waals surface area (Å²) in [7, 11) is 0. The topological polar surface area (TPSA) is 84.6 Å². The van der Waals surface area contributed by atoms with Crippen molar-refractivity contribution in [1.29, 1.82) is 0 Å². The minimum Gasteiger partial charge on any atom is -0.370 e. The number of fused-ring (bicyclic) bond motifs is 1. The first kappa shape index (κ1) is 23.0. The lowest BCUT2D eigenvalue weighted by molar-refractivity contribution is -0.137. The molecule has 2 aliphatic heterocycles. The Bertz CT molecular complexity index is 1080. The summed E-state index contributed by atoms with van der Waals surface area (Å²) < 4.78 is 45.8. The highest BCUT2D eigenvalue weighted by molar-refractivity contribution is 5.92. The van der Waals surface area contributed by atoms with Gasteiger partial charge in [0.05, 0.1) is 36.4 Å². The molecule has 1 aliphatic carbocycles. The SMILES string of the molecule is NC(=O)CN(c1ncnc2ccc(C(F)(F)F)cc12)C1CN(C2CCC(C3C=CCO3)CC2)C1. The largest absolute Gasteiger partial charge is 0.416 e. The van der Waals surface area contributed by atoms with Crippen LogP contribution in [0.25, 0.3) is 10.9 Å². The number of hydrogen-bond acceptors (Lipinski definition) is 6. The molecule has 1 aromatic heterocycles. The highest BCUT2D eigenvalue weighted by Crippen LogP contribution is 2.37. The Labute approximate surface area is 195 Å². The molecule has 1 saturated heterocycles. The van der Waals surface area contributed by atoms with Crippen molar-refractivity contribution in [3.05, 3.63) is 42.2 Å². The van der Waals surface area contributed by atoms with Crippen LogP contribution < -0.4 is 10.6 Å². The molecule has 0 radical (unpaired) electrons. The lowest BCUT2D eigenvalue weighted by atomic mass is 9.81. The van der Waals surface area contributed by atoms with E-state index >= 15 is 0 Å². The number of nitrogens with zero attached hydrogens (tertiary/aromatic N) is 4. The molecule has 1 saturated carbocycles. The molecule has 34 heavy (non-hydrogen) atoms. The number of likely N-dealkylation sites (tertiary alicyclic amines) is 1. The van der Waals surface area contributed by atoms with Gasteiger partial charge < -0.3 is 15.4 Å². The molecule has 1 atom stereocenters. The molecular formula is C24H28F3N5O2. The number of anilines is 1. The molecule has 1 unspecified atom stereocenters. The van der Waals surface area contributed by atoms with Crippen molar-refractivity contribution >= 4 is 22.6 Å². The Morgan fingerprint density at radius 2 is 1.94 bits per heavy atom. The van der Waals surface area contributed by atoms with Crippen LogP contribution in [0.3, 0.4) is 0 Å². The van der Waals surface area contributed by atoms with Gasteiger partial charge in [0.1, 0.15) is 12.1 Å². The van der Waals surface area contributed by atoms with Crippen molar-refractivity contribution in [2.75, 3.05) is 31.1 Å². The second kappa shape index (κ2) is 9.14. The number of hydrogen-bond donors (Lipinski definition) is 1. The maximum atomic E-state index is 13.3. The molecule has 10 heteroatoms. The molecule has 1 amide bonds. The third-order valence-electron chi connectivity index (χ3n) is 7.30. The number of aromatic nitrogens is 2. The van der Waals surface area contributed by atoms with Crippen molar-refractivity contribution in [3.63, 3.8) is 0 Å². The van der Waals surface area contributed by atoms with Gasteiger partial charge in [-0.3, -0.25) is 9.69 Å². The van der Waals surface area contributed by atoms with E-state index in [1.807, 2.05) is 0 Å². The van der Waals surface area contributed by atoms with Crippen molar-refractivity contribution in [1.82, 2.24) is 14.9 Å². The summed E-state index contributed by atoms with van der Waals surface area (Å²) >= 11 is 0. The van der Waals surface area contributed by atoms with Crippen LogP contribution in [-0.4, -0.2) is 65.2 Å². The first-order valence-electron chi connectivity index (χ1n) is 11.7. The van der Waals surface area contributed by atoms with Gasteiger partial charge in [-0.15, -0.1) is 0 Å². The number of amides is 1. The summed E-state index contributed by atoms with van der Waals surface area (Å²) in [6, 6.07) is 3.80. The van der Waals surface area contributed by atoms with Crippen molar-refractivity contribution in [2.24, 2.45) is 11.7 Å². The zero-order valence-corrected chi connectivity index (χ0v) is 18.7. The van der Waals surface area contributed by atoms with Crippen LogP contribution in [0.2, 0.25) is 0 Å². The van der Waals surface area contributed by atoms with Crippen LogP contribution in [0.1, 0.15) is 31.2 Å². The van der Waals surface area contributed by atoms with Crippen LogP contribution in [-0.2, 0) is 15.7 Å². The Morgan fingerprint density at radius 3 is 2.59 bits per heavy atom. The fourth-order valence-corrected chi connectivity index (χ4v) is 5.48. The monoisotopic (exact) mass is 475 g/mol. The fourth-order valence-electron chi connectivity index (χ4n) is 5.48. The molecular weight excluding hydrogens is 447 g/mol. The molecule has 0 bridgehead atoms. The zero-order chi connectivity index (χ0) is 23.9. The number of alkyl halides is 3. The van der Waals surface area contributed by atoms with Gasteiger partial charge in [-0.1, -0.05) is 12.2 Å². The molecule has 182 valence electrons. The van der Waals surface area contributed by atoms with Crippen molar-refractivity contribution < 1.29 is 22.7 Å². The Balaban J connectivity index is 1.30. The lowest BCUT2D eigenvalue weighted by Gasteiger charge is -2.50. The molecule has 5 rings (SSSR count). The number of primary amides is 1. The molecule has 7 nitrogen and oxygen atoms in total. The first-order valence-corrected chi connectivity index (χ1v) is 11.7. The van der Waals surface area contributed by atoms with Gasteiger partial charge in [0.15, 0.2) is 0 Å². The minimum absolute atomic E-state index is 0.0565. The second-order valence-corrected chi connectivity index (χ2v) is 9.42. The molecule has 3 aliphatic rings. The van der Waals surface area contributed by atoms with Crippen LogP contribution in [0.4, 0.5) is 19.0 Å². The predicted molar refractivity (Wildman–Crippen MR) is 121 cm³/mol. The average Bonchev–Trinajstić information content (AvgIpc) is 3.31. The first-order chi connectivity index (χ1) is 16.3. The summed E-state index contributed by atoms with van der Waals surface area (Å²) in [6.07, 6.45) is 5.73. The van der Waals surface area contributed by atoms with E-state index in [2.05, 4.69) is 27.0 Å². The number of carbonyl (C=O) groups excluding carboxylic acids is 1. The maximum absolute atomic E-state index is 13.3. The predicted octanol–water partition coefficient (Wildman–Crippen LogP) is 3.14. The fraction of sp³-hybridized carbons (Fsp3) is 0.542. The number of benzene rings is 1. The van der Waals surface area contributed by atoms with Gasteiger partial charge in [-0.25, -0.2) is 9.97 Å². The third kappa shape index (κ3) is 4.61. The quantitative estimate of drug-likeness (QED) is 0.647. The summed E-state index contributed by atoms with van der Waals surface area (Å²) in [4.78, 5) is 24.4. The van der Waals surface area contributed by atoms with Gasteiger partial charge >= 0.3 is 6.18 Å². The van der Waals surface area contributed by atoms with Gasteiger partial charge in [0.2, 0.25) is 5.91 Å². The van der Waals surface area contributed by atoms with E-state index in [0.29, 0.717) is 43.0 Å². The Hall–Kier alpha value is -2.72. The van der Waals surface area contributed by atoms with E-state index in [0.717, 1.165) is 37.8 Å². The van der Waals surface area contributed by atoms with E-state index in [4.69, 9.17) is 10.5 Å². The van der Waals surface area contributed by atoms with Gasteiger partial charge in [-0.2, -0.15) is 13.2 Å². The van der Waals surface area contributed by atoms with Gasteiger partial charge in [0.25, 0.3) is 0 Å². The number of nitrogens with two attached hydrogens (primary N) is 1. The number of rotatable bonds is 6. The molecule has 2 N–H and O–H groups in total. The van der Waals surface area contributed by atoms with Crippen molar-refractivity contribution in [3.8, 4) is 0 Å².